The van der Waals surface area contributed by atoms with E-state index in [0.29, 0.717) is 5.92 Å². The van der Waals surface area contributed by atoms with E-state index in [1.807, 2.05) is 42.2 Å². The van der Waals surface area contributed by atoms with Crippen molar-refractivity contribution in [1.29, 1.82) is 0 Å². The summed E-state index contributed by atoms with van der Waals surface area (Å²) in [4.78, 5) is 4.41. The van der Waals surface area contributed by atoms with Crippen molar-refractivity contribution in [3.8, 4) is 0 Å². The van der Waals surface area contributed by atoms with Gasteiger partial charge in [-0.2, -0.15) is 11.8 Å². The maximum Gasteiger partial charge on any atom is 0.0841 e. The van der Waals surface area contributed by atoms with E-state index in [1.54, 1.807) is 0 Å². The molecule has 0 aliphatic carbocycles. The Hall–Kier alpha value is -1.06. The first-order valence-electron chi connectivity index (χ1n) is 5.95. The van der Waals surface area contributed by atoms with Crippen LogP contribution in [-0.4, -0.2) is 21.6 Å². The van der Waals surface area contributed by atoms with Gasteiger partial charge in [-0.25, -0.2) is 0 Å². The van der Waals surface area contributed by atoms with Crippen LogP contribution in [-0.2, 0) is 0 Å². The van der Waals surface area contributed by atoms with Crippen molar-refractivity contribution in [3.05, 3.63) is 42.1 Å². The van der Waals surface area contributed by atoms with Crippen LogP contribution in [0.5, 0.6) is 0 Å². The van der Waals surface area contributed by atoms with Gasteiger partial charge >= 0.3 is 0 Å². The first-order valence-corrected chi connectivity index (χ1v) is 7.10. The van der Waals surface area contributed by atoms with Crippen molar-refractivity contribution < 1.29 is 5.11 Å². The van der Waals surface area contributed by atoms with Crippen LogP contribution in [0.1, 0.15) is 18.1 Å². The second kappa shape index (κ2) is 4.67. The van der Waals surface area contributed by atoms with Crippen LogP contribution in [0.4, 0.5) is 0 Å². The fraction of sp³-hybridized carbons (Fsp3) is 0.357. The van der Waals surface area contributed by atoms with Crippen LogP contribution in [0.25, 0.3) is 10.9 Å². The van der Waals surface area contributed by atoms with Gasteiger partial charge in [0.05, 0.1) is 11.6 Å². The quantitative estimate of drug-likeness (QED) is 0.883. The molecular weight excluding hydrogens is 230 g/mol. The Morgan fingerprint density at radius 1 is 1.35 bits per heavy atom. The first-order chi connectivity index (χ1) is 8.34. The average molecular weight is 245 g/mol. The molecule has 1 saturated heterocycles. The zero-order chi connectivity index (χ0) is 11.7. The lowest BCUT2D eigenvalue weighted by molar-refractivity contribution is 0.121. The number of thioether (sulfide) groups is 1. The molecule has 2 nitrogen and oxygen atoms in total. The van der Waals surface area contributed by atoms with E-state index in [9.17, 15) is 5.11 Å². The number of rotatable bonds is 2. The topological polar surface area (TPSA) is 33.1 Å². The fourth-order valence-electron chi connectivity index (χ4n) is 2.32. The first kappa shape index (κ1) is 11.1. The molecule has 1 N–H and O–H groups in total. The van der Waals surface area contributed by atoms with E-state index in [-0.39, 0.29) is 6.10 Å². The van der Waals surface area contributed by atoms with Gasteiger partial charge in [0.25, 0.3) is 0 Å². The SMILES string of the molecule is OC(c1cnc2ccccc2c1)C1CCSC1. The van der Waals surface area contributed by atoms with Crippen LogP contribution < -0.4 is 0 Å². The molecule has 0 radical (unpaired) electrons. The Bertz CT molecular complexity index is 522. The second-order valence-electron chi connectivity index (χ2n) is 4.53. The van der Waals surface area contributed by atoms with Gasteiger partial charge in [-0.3, -0.25) is 4.98 Å². The molecule has 17 heavy (non-hydrogen) atoms. The minimum Gasteiger partial charge on any atom is -0.388 e. The summed E-state index contributed by atoms with van der Waals surface area (Å²) >= 11 is 1.93. The van der Waals surface area contributed by atoms with Crippen LogP contribution in [0.2, 0.25) is 0 Å². The molecule has 2 heterocycles. The molecule has 0 amide bonds. The molecule has 0 saturated carbocycles. The Kier molecular flexibility index (Phi) is 3.04. The van der Waals surface area contributed by atoms with Gasteiger partial charge in [0.15, 0.2) is 0 Å². The summed E-state index contributed by atoms with van der Waals surface area (Å²) in [5.41, 5.74) is 1.94. The van der Waals surface area contributed by atoms with Crippen molar-refractivity contribution in [2.45, 2.75) is 12.5 Å². The van der Waals surface area contributed by atoms with Crippen LogP contribution in [0.15, 0.2) is 36.5 Å². The summed E-state index contributed by atoms with van der Waals surface area (Å²) in [6, 6.07) is 10.1. The van der Waals surface area contributed by atoms with E-state index in [0.717, 1.165) is 28.6 Å². The summed E-state index contributed by atoms with van der Waals surface area (Å²) in [5.74, 6) is 2.62. The second-order valence-corrected chi connectivity index (χ2v) is 5.68. The summed E-state index contributed by atoms with van der Waals surface area (Å²) < 4.78 is 0. The normalized spacial score (nSPS) is 21.8. The Morgan fingerprint density at radius 2 is 2.24 bits per heavy atom. The molecule has 0 bridgehead atoms. The van der Waals surface area contributed by atoms with Crippen molar-refractivity contribution in [3.63, 3.8) is 0 Å². The molecular formula is C14H15NOS. The smallest absolute Gasteiger partial charge is 0.0841 e. The fourth-order valence-corrected chi connectivity index (χ4v) is 3.61. The predicted molar refractivity (Wildman–Crippen MR) is 72.1 cm³/mol. The number of nitrogens with zero attached hydrogens (tertiary/aromatic N) is 1. The van der Waals surface area contributed by atoms with Crippen molar-refractivity contribution >= 4 is 22.7 Å². The lowest BCUT2D eigenvalue weighted by Gasteiger charge is -2.17. The number of fused-ring (bicyclic) bond motifs is 1. The van der Waals surface area contributed by atoms with Crippen LogP contribution >= 0.6 is 11.8 Å². The van der Waals surface area contributed by atoms with E-state index >= 15 is 0 Å². The lowest BCUT2D eigenvalue weighted by atomic mass is 9.95. The highest BCUT2D eigenvalue weighted by Crippen LogP contribution is 2.34. The minimum atomic E-state index is -0.359. The largest absolute Gasteiger partial charge is 0.388 e. The number of hydrogen-bond acceptors (Lipinski definition) is 3. The maximum absolute atomic E-state index is 10.3. The van der Waals surface area contributed by atoms with Gasteiger partial charge in [-0.1, -0.05) is 18.2 Å². The molecule has 88 valence electrons. The summed E-state index contributed by atoms with van der Waals surface area (Å²) in [5, 5.41) is 11.4. The number of benzene rings is 1. The average Bonchev–Trinajstić information content (AvgIpc) is 2.91. The molecule has 1 aromatic heterocycles. The highest BCUT2D eigenvalue weighted by Gasteiger charge is 2.25. The molecule has 1 aromatic carbocycles. The molecule has 1 aliphatic rings. The molecule has 0 spiro atoms. The van der Waals surface area contributed by atoms with Crippen LogP contribution in [0.3, 0.4) is 0 Å². The number of aliphatic hydroxyl groups is 1. The zero-order valence-electron chi connectivity index (χ0n) is 9.54. The highest BCUT2D eigenvalue weighted by atomic mass is 32.2. The van der Waals surface area contributed by atoms with E-state index in [4.69, 9.17) is 0 Å². The predicted octanol–water partition coefficient (Wildman–Crippen LogP) is 3.02. The Morgan fingerprint density at radius 3 is 3.06 bits per heavy atom. The van der Waals surface area contributed by atoms with Crippen molar-refractivity contribution in [2.75, 3.05) is 11.5 Å². The molecule has 3 rings (SSSR count). The van der Waals surface area contributed by atoms with Crippen molar-refractivity contribution in [2.24, 2.45) is 5.92 Å². The number of para-hydroxylation sites is 1. The zero-order valence-corrected chi connectivity index (χ0v) is 10.4. The standard InChI is InChI=1S/C14H15NOS/c16-14(11-5-6-17-9-11)12-7-10-3-1-2-4-13(10)15-8-12/h1-4,7-8,11,14,16H,5-6,9H2. The van der Waals surface area contributed by atoms with Crippen molar-refractivity contribution in [1.82, 2.24) is 4.98 Å². The third-order valence-electron chi connectivity index (χ3n) is 3.36. The molecule has 1 aliphatic heterocycles. The molecule has 2 unspecified atom stereocenters. The summed E-state index contributed by atoms with van der Waals surface area (Å²) in [7, 11) is 0. The Labute approximate surface area is 105 Å². The number of aromatic nitrogens is 1. The number of hydrogen-bond donors (Lipinski definition) is 1. The van der Waals surface area contributed by atoms with Gasteiger partial charge < -0.3 is 5.11 Å². The molecule has 3 heteroatoms. The lowest BCUT2D eigenvalue weighted by Crippen LogP contribution is -2.11. The van der Waals surface area contributed by atoms with Gasteiger partial charge in [0.1, 0.15) is 0 Å². The molecule has 2 aromatic rings. The summed E-state index contributed by atoms with van der Waals surface area (Å²) in [6.07, 6.45) is 2.57. The molecule has 2 atom stereocenters. The van der Waals surface area contributed by atoms with Gasteiger partial charge in [-0.15, -0.1) is 0 Å². The van der Waals surface area contributed by atoms with E-state index in [2.05, 4.69) is 11.1 Å². The van der Waals surface area contributed by atoms with E-state index < -0.39 is 0 Å². The van der Waals surface area contributed by atoms with Gasteiger partial charge in [0, 0.05) is 11.6 Å². The van der Waals surface area contributed by atoms with Crippen LogP contribution in [0, 0.1) is 5.92 Å². The highest BCUT2D eigenvalue weighted by molar-refractivity contribution is 7.99. The monoisotopic (exact) mass is 245 g/mol. The van der Waals surface area contributed by atoms with Gasteiger partial charge in [0.2, 0.25) is 0 Å². The third-order valence-corrected chi connectivity index (χ3v) is 4.55. The summed E-state index contributed by atoms with van der Waals surface area (Å²) in [6.45, 7) is 0. The van der Waals surface area contributed by atoms with Gasteiger partial charge in [-0.05, 0) is 41.5 Å². The number of pyridine rings is 1. The molecule has 1 fully saturated rings. The third kappa shape index (κ3) is 2.17. The maximum atomic E-state index is 10.3. The number of aliphatic hydroxyl groups excluding tert-OH is 1. The van der Waals surface area contributed by atoms with E-state index in [1.165, 1.54) is 5.75 Å². The minimum absolute atomic E-state index is 0.359. The Balaban J connectivity index is 1.94.